The predicted molar refractivity (Wildman–Crippen MR) is 129 cm³/mol. The summed E-state index contributed by atoms with van der Waals surface area (Å²) in [4.78, 5) is 29.1. The van der Waals surface area contributed by atoms with Crippen molar-refractivity contribution in [3.8, 4) is 0 Å². The second kappa shape index (κ2) is 11.4. The van der Waals surface area contributed by atoms with Crippen LogP contribution in [0.5, 0.6) is 0 Å². The molecule has 7 heteroatoms. The van der Waals surface area contributed by atoms with Crippen LogP contribution in [0.4, 0.5) is 14.9 Å². The highest BCUT2D eigenvalue weighted by molar-refractivity contribution is 5.95. The van der Waals surface area contributed by atoms with E-state index in [1.165, 1.54) is 12.1 Å². The first kappa shape index (κ1) is 23.4. The van der Waals surface area contributed by atoms with Crippen molar-refractivity contribution in [3.63, 3.8) is 0 Å². The van der Waals surface area contributed by atoms with Crippen LogP contribution in [0.2, 0.25) is 0 Å². The van der Waals surface area contributed by atoms with Crippen molar-refractivity contribution in [2.45, 2.75) is 13.0 Å². The minimum atomic E-state index is -0.542. The number of ether oxygens (including phenoxy) is 1. The summed E-state index contributed by atoms with van der Waals surface area (Å²) in [5.41, 5.74) is 3.18. The zero-order valence-electron chi connectivity index (χ0n) is 19.0. The second-order valence-corrected chi connectivity index (χ2v) is 8.27. The van der Waals surface area contributed by atoms with E-state index in [0.717, 1.165) is 37.2 Å². The Morgan fingerprint density at radius 2 is 1.50 bits per heavy atom. The Morgan fingerprint density at radius 1 is 0.824 bits per heavy atom. The Balaban J connectivity index is 1.20. The lowest BCUT2D eigenvalue weighted by atomic mass is 10.1. The first-order valence-corrected chi connectivity index (χ1v) is 11.4. The summed E-state index contributed by atoms with van der Waals surface area (Å²) >= 11 is 0. The maximum absolute atomic E-state index is 13.0. The molecule has 1 saturated heterocycles. The third-order valence-corrected chi connectivity index (χ3v) is 5.88. The lowest BCUT2D eigenvalue weighted by Crippen LogP contribution is -2.49. The van der Waals surface area contributed by atoms with Crippen LogP contribution in [0.1, 0.15) is 21.5 Å². The van der Waals surface area contributed by atoms with Gasteiger partial charge in [-0.05, 0) is 53.9 Å². The van der Waals surface area contributed by atoms with Gasteiger partial charge >= 0.3 is 6.09 Å². The molecule has 0 aliphatic carbocycles. The lowest BCUT2D eigenvalue weighted by molar-refractivity contribution is 0.0638. The molecular formula is C27H28FN3O3. The maximum atomic E-state index is 13.0. The minimum absolute atomic E-state index is 0.0172. The summed E-state index contributed by atoms with van der Waals surface area (Å²) in [5, 5.41) is 2.68. The number of nitrogens with one attached hydrogen (secondary N) is 1. The number of nitrogens with zero attached hydrogens (tertiary/aromatic N) is 2. The van der Waals surface area contributed by atoms with E-state index in [1.807, 2.05) is 47.4 Å². The van der Waals surface area contributed by atoms with Gasteiger partial charge < -0.3 is 9.64 Å². The fraction of sp³-hybridized carbons (Fsp3) is 0.259. The van der Waals surface area contributed by atoms with Crippen molar-refractivity contribution < 1.29 is 18.7 Å². The molecule has 176 valence electrons. The van der Waals surface area contributed by atoms with Gasteiger partial charge in [-0.25, -0.2) is 9.18 Å². The molecule has 1 heterocycles. The Morgan fingerprint density at radius 3 is 2.18 bits per heavy atom. The van der Waals surface area contributed by atoms with Crippen molar-refractivity contribution in [1.29, 1.82) is 0 Å². The molecule has 1 aliphatic rings. The Labute approximate surface area is 198 Å². The molecule has 1 N–H and O–H groups in total. The van der Waals surface area contributed by atoms with Gasteiger partial charge in [0.25, 0.3) is 5.91 Å². The molecule has 0 atom stereocenters. The van der Waals surface area contributed by atoms with Crippen molar-refractivity contribution in [2.24, 2.45) is 0 Å². The number of halogens is 1. The predicted octanol–water partition coefficient (Wildman–Crippen LogP) is 4.57. The fourth-order valence-corrected chi connectivity index (χ4v) is 3.87. The lowest BCUT2D eigenvalue weighted by Gasteiger charge is -2.34. The molecule has 34 heavy (non-hydrogen) atoms. The molecule has 0 aromatic heterocycles. The summed E-state index contributed by atoms with van der Waals surface area (Å²) in [5.74, 6) is -0.237. The standard InChI is InChI=1S/C27H28FN3O3/c28-24-10-6-21(7-11-24)14-15-30-16-18-31(19-17-30)26(32)23-8-12-25(13-9-23)29-27(33)34-20-22-4-2-1-3-5-22/h1-13H,14-20H2,(H,29,33). The summed E-state index contributed by atoms with van der Waals surface area (Å²) in [6.07, 6.45) is 0.316. The minimum Gasteiger partial charge on any atom is -0.444 e. The average molecular weight is 462 g/mol. The molecule has 1 aliphatic heterocycles. The monoisotopic (exact) mass is 461 g/mol. The number of amides is 2. The van der Waals surface area contributed by atoms with Crippen LogP contribution in [-0.2, 0) is 17.8 Å². The van der Waals surface area contributed by atoms with E-state index in [1.54, 1.807) is 24.3 Å². The summed E-state index contributed by atoms with van der Waals surface area (Å²) in [6, 6.07) is 22.9. The largest absolute Gasteiger partial charge is 0.444 e. The summed E-state index contributed by atoms with van der Waals surface area (Å²) < 4.78 is 18.3. The van der Waals surface area contributed by atoms with E-state index in [0.29, 0.717) is 24.3 Å². The first-order valence-electron chi connectivity index (χ1n) is 11.4. The normalized spacial score (nSPS) is 14.0. The molecule has 0 bridgehead atoms. The summed E-state index contributed by atoms with van der Waals surface area (Å²) in [7, 11) is 0. The van der Waals surface area contributed by atoms with Crippen LogP contribution in [0.15, 0.2) is 78.9 Å². The number of carbonyl (C=O) groups is 2. The SMILES string of the molecule is O=C(Nc1ccc(C(=O)N2CCN(CCc3ccc(F)cc3)CC2)cc1)OCc1ccccc1. The molecule has 0 saturated carbocycles. The molecule has 0 spiro atoms. The Hall–Kier alpha value is -3.71. The number of piperazine rings is 1. The Kier molecular flexibility index (Phi) is 7.88. The van der Waals surface area contributed by atoms with Gasteiger partial charge in [0, 0.05) is 44.0 Å². The highest BCUT2D eigenvalue weighted by atomic mass is 19.1. The molecule has 3 aromatic carbocycles. The van der Waals surface area contributed by atoms with Crippen LogP contribution in [-0.4, -0.2) is 54.5 Å². The van der Waals surface area contributed by atoms with Crippen molar-refractivity contribution in [1.82, 2.24) is 9.80 Å². The van der Waals surface area contributed by atoms with Gasteiger partial charge in [-0.3, -0.25) is 15.0 Å². The van der Waals surface area contributed by atoms with Gasteiger partial charge in [0.2, 0.25) is 0 Å². The van der Waals surface area contributed by atoms with Gasteiger partial charge in [0.1, 0.15) is 12.4 Å². The molecule has 0 unspecified atom stereocenters. The van der Waals surface area contributed by atoms with E-state index in [2.05, 4.69) is 10.2 Å². The highest BCUT2D eigenvalue weighted by Crippen LogP contribution is 2.14. The first-order chi connectivity index (χ1) is 16.6. The Bertz CT molecular complexity index is 1080. The topological polar surface area (TPSA) is 61.9 Å². The highest BCUT2D eigenvalue weighted by Gasteiger charge is 2.22. The van der Waals surface area contributed by atoms with Gasteiger partial charge in [-0.15, -0.1) is 0 Å². The molecule has 3 aromatic rings. The number of hydrogen-bond donors (Lipinski definition) is 1. The molecule has 6 nitrogen and oxygen atoms in total. The van der Waals surface area contributed by atoms with E-state index >= 15 is 0 Å². The number of carbonyl (C=O) groups excluding carboxylic acids is 2. The van der Waals surface area contributed by atoms with Gasteiger partial charge in [0.05, 0.1) is 0 Å². The van der Waals surface area contributed by atoms with Gasteiger partial charge in [0.15, 0.2) is 0 Å². The van der Waals surface area contributed by atoms with Crippen molar-refractivity contribution >= 4 is 17.7 Å². The van der Waals surface area contributed by atoms with Crippen LogP contribution < -0.4 is 5.32 Å². The zero-order chi connectivity index (χ0) is 23.8. The summed E-state index contributed by atoms with van der Waals surface area (Å²) in [6.45, 7) is 4.01. The quantitative estimate of drug-likeness (QED) is 0.560. The fourth-order valence-electron chi connectivity index (χ4n) is 3.87. The van der Waals surface area contributed by atoms with Gasteiger partial charge in [-0.1, -0.05) is 42.5 Å². The number of rotatable bonds is 7. The smallest absolute Gasteiger partial charge is 0.411 e. The zero-order valence-corrected chi connectivity index (χ0v) is 19.0. The number of anilines is 1. The molecule has 2 amide bonds. The third-order valence-electron chi connectivity index (χ3n) is 5.88. The number of benzene rings is 3. The molecule has 0 radical (unpaired) electrons. The molecule has 1 fully saturated rings. The van der Waals surface area contributed by atoms with E-state index in [-0.39, 0.29) is 18.3 Å². The van der Waals surface area contributed by atoms with Crippen LogP contribution in [0, 0.1) is 5.82 Å². The second-order valence-electron chi connectivity index (χ2n) is 8.27. The number of hydrogen-bond acceptors (Lipinski definition) is 4. The average Bonchev–Trinajstić information content (AvgIpc) is 2.88. The van der Waals surface area contributed by atoms with Gasteiger partial charge in [-0.2, -0.15) is 0 Å². The maximum Gasteiger partial charge on any atom is 0.411 e. The van der Waals surface area contributed by atoms with Crippen molar-refractivity contribution in [3.05, 3.63) is 101 Å². The third kappa shape index (κ3) is 6.65. The van der Waals surface area contributed by atoms with E-state index < -0.39 is 6.09 Å². The van der Waals surface area contributed by atoms with Crippen LogP contribution in [0.3, 0.4) is 0 Å². The van der Waals surface area contributed by atoms with Crippen molar-refractivity contribution in [2.75, 3.05) is 38.0 Å². The van der Waals surface area contributed by atoms with Crippen LogP contribution >= 0.6 is 0 Å². The van der Waals surface area contributed by atoms with E-state index in [4.69, 9.17) is 4.74 Å². The molecule has 4 rings (SSSR count). The van der Waals surface area contributed by atoms with Crippen LogP contribution in [0.25, 0.3) is 0 Å². The molecular weight excluding hydrogens is 433 g/mol. The van der Waals surface area contributed by atoms with E-state index in [9.17, 15) is 14.0 Å².